The number of benzene rings is 1. The summed E-state index contributed by atoms with van der Waals surface area (Å²) >= 11 is 1.41. The van der Waals surface area contributed by atoms with Crippen LogP contribution in [0.25, 0.3) is 16.2 Å². The highest BCUT2D eigenvalue weighted by atomic mass is 32.2. The number of rotatable bonds is 7. The van der Waals surface area contributed by atoms with Gasteiger partial charge in [0.05, 0.1) is 35.1 Å². The number of aromatic nitrogens is 2. The van der Waals surface area contributed by atoms with Crippen LogP contribution in [0, 0.1) is 6.92 Å². The van der Waals surface area contributed by atoms with Gasteiger partial charge in [-0.2, -0.15) is 0 Å². The number of fused-ring (bicyclic) bond motifs is 1. The average Bonchev–Trinajstić information content (AvgIpc) is 3.30. The standard InChI is InChI=1S/C23H31N3O5S2/c1-14-21(26-13-20(23(2,3)27)32-22(26)24-14)15-6-11-18(31-5)19(12-15)33(28,29)25-16-7-9-17(30-4)10-8-16/h6,11-13,16-17,25,27H,7-10H2,1-5H3/t16-,17+. The van der Waals surface area contributed by atoms with Crippen LogP contribution in [-0.4, -0.2) is 49.3 Å². The third kappa shape index (κ3) is 4.81. The van der Waals surface area contributed by atoms with Gasteiger partial charge in [0.25, 0.3) is 0 Å². The summed E-state index contributed by atoms with van der Waals surface area (Å²) in [5, 5.41) is 10.4. The van der Waals surface area contributed by atoms with E-state index in [0.717, 1.165) is 46.9 Å². The molecule has 0 aliphatic heterocycles. The van der Waals surface area contributed by atoms with Crippen molar-refractivity contribution in [1.82, 2.24) is 14.1 Å². The van der Waals surface area contributed by atoms with Crippen molar-refractivity contribution in [2.75, 3.05) is 14.2 Å². The molecule has 0 amide bonds. The monoisotopic (exact) mass is 493 g/mol. The summed E-state index contributed by atoms with van der Waals surface area (Å²) in [6.45, 7) is 5.35. The van der Waals surface area contributed by atoms with E-state index < -0.39 is 15.6 Å². The molecular formula is C23H31N3O5S2. The third-order valence-electron chi connectivity index (χ3n) is 6.16. The van der Waals surface area contributed by atoms with Gasteiger partial charge in [-0.05, 0) is 64.7 Å². The zero-order valence-electron chi connectivity index (χ0n) is 19.6. The largest absolute Gasteiger partial charge is 0.495 e. The number of methoxy groups -OCH3 is 2. The Morgan fingerprint density at radius 1 is 1.21 bits per heavy atom. The lowest BCUT2D eigenvalue weighted by Crippen LogP contribution is -2.39. The molecule has 2 N–H and O–H groups in total. The van der Waals surface area contributed by atoms with Crippen molar-refractivity contribution < 1.29 is 23.0 Å². The molecule has 180 valence electrons. The number of ether oxygens (including phenoxy) is 2. The smallest absolute Gasteiger partial charge is 0.244 e. The minimum atomic E-state index is -3.81. The second kappa shape index (κ2) is 8.99. The SMILES string of the molecule is COc1ccc(-c2c(C)nc3sc(C(C)(C)O)cn23)cc1S(=O)(=O)N[C@H]1CC[C@@H](OC)CC1. The summed E-state index contributed by atoms with van der Waals surface area (Å²) in [7, 11) is -0.647. The van der Waals surface area contributed by atoms with E-state index in [4.69, 9.17) is 9.47 Å². The van der Waals surface area contributed by atoms with E-state index in [1.54, 1.807) is 33.1 Å². The fourth-order valence-electron chi connectivity index (χ4n) is 4.32. The Morgan fingerprint density at radius 3 is 2.52 bits per heavy atom. The second-order valence-corrected chi connectivity index (χ2v) is 11.7. The predicted octanol–water partition coefficient (Wildman–Crippen LogP) is 3.84. The van der Waals surface area contributed by atoms with E-state index in [1.165, 1.54) is 18.4 Å². The van der Waals surface area contributed by atoms with Gasteiger partial charge in [0.15, 0.2) is 4.96 Å². The van der Waals surface area contributed by atoms with Crippen LogP contribution < -0.4 is 9.46 Å². The molecule has 10 heteroatoms. The molecule has 0 radical (unpaired) electrons. The van der Waals surface area contributed by atoms with Crippen LogP contribution in [0.15, 0.2) is 29.3 Å². The molecule has 2 aromatic heterocycles. The zero-order chi connectivity index (χ0) is 24.0. The highest BCUT2D eigenvalue weighted by molar-refractivity contribution is 7.89. The predicted molar refractivity (Wildman–Crippen MR) is 128 cm³/mol. The second-order valence-electron chi connectivity index (χ2n) is 9.05. The maximum atomic E-state index is 13.4. The number of imidazole rings is 1. The van der Waals surface area contributed by atoms with Gasteiger partial charge in [-0.25, -0.2) is 18.1 Å². The molecule has 8 nitrogen and oxygen atoms in total. The number of hydrogen-bond donors (Lipinski definition) is 2. The number of nitrogens with one attached hydrogen (secondary N) is 1. The minimum Gasteiger partial charge on any atom is -0.495 e. The van der Waals surface area contributed by atoms with E-state index in [2.05, 4.69) is 9.71 Å². The molecule has 0 unspecified atom stereocenters. The summed E-state index contributed by atoms with van der Waals surface area (Å²) in [5.74, 6) is 0.290. The zero-order valence-corrected chi connectivity index (χ0v) is 21.2. The Balaban J connectivity index is 1.72. The Labute approximate surface area is 198 Å². The molecule has 2 heterocycles. The number of aryl methyl sites for hydroxylation is 1. The number of hydrogen-bond acceptors (Lipinski definition) is 7. The highest BCUT2D eigenvalue weighted by Crippen LogP contribution is 2.36. The van der Waals surface area contributed by atoms with Crippen molar-refractivity contribution in [3.63, 3.8) is 0 Å². The van der Waals surface area contributed by atoms with Crippen LogP contribution in [-0.2, 0) is 20.4 Å². The van der Waals surface area contributed by atoms with E-state index in [9.17, 15) is 13.5 Å². The highest BCUT2D eigenvalue weighted by Gasteiger charge is 2.29. The summed E-state index contributed by atoms with van der Waals surface area (Å²) in [6.07, 6.45) is 5.17. The molecule has 0 saturated heterocycles. The molecule has 1 aliphatic carbocycles. The molecule has 0 bridgehead atoms. The van der Waals surface area contributed by atoms with Crippen molar-refractivity contribution in [3.8, 4) is 17.0 Å². The quantitative estimate of drug-likeness (QED) is 0.518. The fourth-order valence-corrected chi connectivity index (χ4v) is 6.85. The molecule has 1 aromatic carbocycles. The molecule has 3 aromatic rings. The van der Waals surface area contributed by atoms with E-state index in [-0.39, 0.29) is 22.8 Å². The average molecular weight is 494 g/mol. The number of nitrogens with zero attached hydrogens (tertiary/aromatic N) is 2. The maximum Gasteiger partial charge on any atom is 0.244 e. The number of thiazole rings is 1. The Morgan fingerprint density at radius 2 is 1.91 bits per heavy atom. The lowest BCUT2D eigenvalue weighted by Gasteiger charge is -2.28. The van der Waals surface area contributed by atoms with Gasteiger partial charge in [0.1, 0.15) is 10.6 Å². The van der Waals surface area contributed by atoms with Crippen LogP contribution in [0.4, 0.5) is 0 Å². The molecule has 1 saturated carbocycles. The molecule has 4 rings (SSSR count). The first kappa shape index (κ1) is 24.2. The molecular weight excluding hydrogens is 462 g/mol. The van der Waals surface area contributed by atoms with Crippen molar-refractivity contribution in [1.29, 1.82) is 0 Å². The molecule has 1 aliphatic rings. The Bertz CT molecular complexity index is 1250. The van der Waals surface area contributed by atoms with Gasteiger partial charge >= 0.3 is 0 Å². The van der Waals surface area contributed by atoms with Gasteiger partial charge in [-0.3, -0.25) is 4.40 Å². The van der Waals surface area contributed by atoms with Crippen LogP contribution in [0.5, 0.6) is 5.75 Å². The summed E-state index contributed by atoms with van der Waals surface area (Å²) < 4.78 is 42.3. The van der Waals surface area contributed by atoms with Gasteiger partial charge in [-0.1, -0.05) is 11.3 Å². The first-order chi connectivity index (χ1) is 15.5. The van der Waals surface area contributed by atoms with Gasteiger partial charge in [0.2, 0.25) is 10.0 Å². The van der Waals surface area contributed by atoms with E-state index in [0.29, 0.717) is 5.56 Å². The number of aliphatic hydroxyl groups is 1. The fraction of sp³-hybridized carbons (Fsp3) is 0.522. The van der Waals surface area contributed by atoms with Gasteiger partial charge in [0, 0.05) is 24.9 Å². The topological polar surface area (TPSA) is 102 Å². The van der Waals surface area contributed by atoms with Crippen molar-refractivity contribution in [2.45, 2.75) is 69.1 Å². The first-order valence-corrected chi connectivity index (χ1v) is 13.3. The van der Waals surface area contributed by atoms with Crippen molar-refractivity contribution in [2.24, 2.45) is 0 Å². The Hall–Kier alpha value is -1.98. The van der Waals surface area contributed by atoms with Crippen molar-refractivity contribution >= 4 is 26.3 Å². The summed E-state index contributed by atoms with van der Waals surface area (Å²) in [5.41, 5.74) is 1.29. The van der Waals surface area contributed by atoms with E-state index in [1.807, 2.05) is 23.6 Å². The summed E-state index contributed by atoms with van der Waals surface area (Å²) in [4.78, 5) is 6.25. The third-order valence-corrected chi connectivity index (χ3v) is 9.00. The normalized spacial score (nSPS) is 19.8. The molecule has 1 fully saturated rings. The van der Waals surface area contributed by atoms with Crippen LogP contribution >= 0.6 is 11.3 Å². The van der Waals surface area contributed by atoms with Gasteiger partial charge < -0.3 is 14.6 Å². The number of sulfonamides is 1. The van der Waals surface area contributed by atoms with Crippen LogP contribution in [0.2, 0.25) is 0 Å². The van der Waals surface area contributed by atoms with Crippen LogP contribution in [0.3, 0.4) is 0 Å². The summed E-state index contributed by atoms with van der Waals surface area (Å²) in [6, 6.07) is 5.01. The minimum absolute atomic E-state index is 0.101. The maximum absolute atomic E-state index is 13.4. The molecule has 0 spiro atoms. The molecule has 33 heavy (non-hydrogen) atoms. The first-order valence-electron chi connectivity index (χ1n) is 11.0. The van der Waals surface area contributed by atoms with Gasteiger partial charge in [-0.15, -0.1) is 0 Å². The van der Waals surface area contributed by atoms with Crippen LogP contribution in [0.1, 0.15) is 50.1 Å². The lowest BCUT2D eigenvalue weighted by molar-refractivity contribution is 0.0649. The van der Waals surface area contributed by atoms with Crippen molar-refractivity contribution in [3.05, 3.63) is 35.0 Å². The van der Waals surface area contributed by atoms with E-state index >= 15 is 0 Å². The Kier molecular flexibility index (Phi) is 6.58. The molecule has 0 atom stereocenters. The lowest BCUT2D eigenvalue weighted by atomic mass is 9.94.